The van der Waals surface area contributed by atoms with E-state index in [0.29, 0.717) is 15.4 Å². The molecule has 4 nitrogen and oxygen atoms in total. The van der Waals surface area contributed by atoms with Gasteiger partial charge in [-0.05, 0) is 13.8 Å². The molecule has 0 aliphatic heterocycles. The summed E-state index contributed by atoms with van der Waals surface area (Å²) in [7, 11) is 0. The number of ketones is 2. The number of nitrogens with zero attached hydrogens (tertiary/aromatic N) is 2. The summed E-state index contributed by atoms with van der Waals surface area (Å²) in [6, 6.07) is 18.2. The van der Waals surface area contributed by atoms with E-state index in [4.69, 9.17) is 0 Å². The van der Waals surface area contributed by atoms with E-state index in [1.807, 2.05) is 50.3 Å². The molecule has 0 aromatic heterocycles. The molecule has 0 spiro atoms. The smallest absolute Gasteiger partial charge is 0.173 e. The van der Waals surface area contributed by atoms with Gasteiger partial charge in [0.2, 0.25) is 0 Å². The van der Waals surface area contributed by atoms with Crippen LogP contribution < -0.4 is 0 Å². The Bertz CT molecular complexity index is 900. The zero-order valence-corrected chi connectivity index (χ0v) is 17.2. The molecule has 0 unspecified atom stereocenters. The van der Waals surface area contributed by atoms with E-state index in [9.17, 15) is 20.1 Å². The van der Waals surface area contributed by atoms with Crippen LogP contribution in [0.4, 0.5) is 0 Å². The summed E-state index contributed by atoms with van der Waals surface area (Å²) in [4.78, 5) is 24.7. The van der Waals surface area contributed by atoms with Gasteiger partial charge in [0.05, 0.1) is 15.7 Å². The van der Waals surface area contributed by atoms with Gasteiger partial charge in [0.1, 0.15) is 17.7 Å². The second-order valence-electron chi connectivity index (χ2n) is 6.04. The minimum atomic E-state index is -0.0943. The normalized spacial score (nSPS) is 9.86. The van der Waals surface area contributed by atoms with Gasteiger partial charge in [0.15, 0.2) is 11.6 Å². The van der Waals surface area contributed by atoms with Crippen LogP contribution in [-0.4, -0.2) is 23.1 Å². The maximum atomic E-state index is 12.4. The van der Waals surface area contributed by atoms with Gasteiger partial charge in [-0.2, -0.15) is 10.5 Å². The molecule has 0 atom stereocenters. The highest BCUT2D eigenvalue weighted by atomic mass is 32.2. The maximum absolute atomic E-state index is 12.4. The minimum Gasteiger partial charge on any atom is -0.293 e. The van der Waals surface area contributed by atoms with Gasteiger partial charge in [-0.25, -0.2) is 0 Å². The monoisotopic (exact) mass is 406 g/mol. The number of carbonyl (C=O) groups is 2. The fraction of sp³-hybridized carbons (Fsp3) is 0.182. The molecule has 0 amide bonds. The molecule has 0 fully saturated rings. The Balaban J connectivity index is 2.05. The summed E-state index contributed by atoms with van der Waals surface area (Å²) < 4.78 is 0.394. The van der Waals surface area contributed by atoms with Crippen molar-refractivity contribution in [2.75, 3.05) is 11.5 Å². The minimum absolute atomic E-state index is 0.0802. The number of hydrogen-bond donors (Lipinski definition) is 0. The molecule has 0 aliphatic carbocycles. The lowest BCUT2D eigenvalue weighted by molar-refractivity contribution is 0.101. The van der Waals surface area contributed by atoms with Crippen LogP contribution in [0.1, 0.15) is 31.8 Å². The van der Waals surface area contributed by atoms with E-state index in [1.54, 1.807) is 24.3 Å². The van der Waals surface area contributed by atoms with Crippen molar-refractivity contribution in [1.29, 1.82) is 10.5 Å². The summed E-state index contributed by atoms with van der Waals surface area (Å²) in [6.45, 7) is 3.88. The van der Waals surface area contributed by atoms with E-state index in [0.717, 1.165) is 34.7 Å². The first-order chi connectivity index (χ1) is 13.4. The number of rotatable bonds is 8. The lowest BCUT2D eigenvalue weighted by atomic mass is 10.1. The highest BCUT2D eigenvalue weighted by molar-refractivity contribution is 8.22. The van der Waals surface area contributed by atoms with Crippen molar-refractivity contribution < 1.29 is 9.59 Å². The number of nitriles is 2. The Labute approximate surface area is 173 Å². The van der Waals surface area contributed by atoms with Crippen LogP contribution in [0.5, 0.6) is 0 Å². The van der Waals surface area contributed by atoms with E-state index in [1.165, 1.54) is 0 Å². The van der Waals surface area contributed by atoms with Crippen molar-refractivity contribution in [3.05, 3.63) is 80.6 Å². The molecule has 0 bridgehead atoms. The Morgan fingerprint density at radius 1 is 0.750 bits per heavy atom. The number of carbonyl (C=O) groups excluding carboxylic acids is 2. The van der Waals surface area contributed by atoms with Gasteiger partial charge in [0, 0.05) is 11.1 Å². The molecule has 28 heavy (non-hydrogen) atoms. The van der Waals surface area contributed by atoms with Gasteiger partial charge in [0.25, 0.3) is 0 Å². The van der Waals surface area contributed by atoms with E-state index < -0.39 is 0 Å². The number of allylic oxidation sites excluding steroid dienone is 1. The zero-order chi connectivity index (χ0) is 20.5. The molecule has 0 heterocycles. The number of aryl methyl sites for hydroxylation is 2. The summed E-state index contributed by atoms with van der Waals surface area (Å²) in [5, 5.41) is 18.4. The van der Waals surface area contributed by atoms with Crippen molar-refractivity contribution in [3.63, 3.8) is 0 Å². The summed E-state index contributed by atoms with van der Waals surface area (Å²) in [6.07, 6.45) is 0. The fourth-order valence-electron chi connectivity index (χ4n) is 2.21. The second kappa shape index (κ2) is 10.5. The average molecular weight is 407 g/mol. The van der Waals surface area contributed by atoms with Crippen molar-refractivity contribution >= 4 is 35.1 Å². The van der Waals surface area contributed by atoms with Crippen LogP contribution in [-0.2, 0) is 0 Å². The molecule has 0 radical (unpaired) electrons. The highest BCUT2D eigenvalue weighted by Crippen LogP contribution is 2.32. The lowest BCUT2D eigenvalue weighted by Crippen LogP contribution is -2.05. The maximum Gasteiger partial charge on any atom is 0.173 e. The predicted octanol–water partition coefficient (Wildman–Crippen LogP) is 5.09. The molecule has 2 rings (SSSR count). The van der Waals surface area contributed by atoms with E-state index in [2.05, 4.69) is 0 Å². The second-order valence-corrected chi connectivity index (χ2v) is 8.27. The fourth-order valence-corrected chi connectivity index (χ4v) is 4.23. The van der Waals surface area contributed by atoms with Crippen molar-refractivity contribution in [3.8, 4) is 12.1 Å². The third-order valence-corrected chi connectivity index (χ3v) is 6.30. The molecule has 0 N–H and O–H groups in total. The molecule has 0 aliphatic rings. The van der Waals surface area contributed by atoms with Crippen molar-refractivity contribution in [1.82, 2.24) is 0 Å². The Morgan fingerprint density at radius 3 is 1.43 bits per heavy atom. The van der Waals surface area contributed by atoms with Gasteiger partial charge >= 0.3 is 0 Å². The summed E-state index contributed by atoms with van der Waals surface area (Å²) >= 11 is 2.24. The summed E-state index contributed by atoms with van der Waals surface area (Å²) in [5.74, 6) is -0.0000904. The topological polar surface area (TPSA) is 81.7 Å². The third kappa shape index (κ3) is 6.13. The molecule has 6 heteroatoms. The largest absolute Gasteiger partial charge is 0.293 e. The van der Waals surface area contributed by atoms with Crippen LogP contribution >= 0.6 is 23.5 Å². The predicted molar refractivity (Wildman–Crippen MR) is 114 cm³/mol. The third-order valence-electron chi connectivity index (χ3n) is 3.84. The van der Waals surface area contributed by atoms with Crippen LogP contribution in [0.25, 0.3) is 0 Å². The Hall–Kier alpha value is -2.80. The standard InChI is InChI=1S/C22H18N2O2S2/c1-15-3-7-17(8-4-15)20(25)13-27-22(19(11-23)12-24)28-14-21(26)18-9-5-16(2)6-10-18/h3-10H,13-14H2,1-2H3. The van der Waals surface area contributed by atoms with Crippen LogP contribution in [0.2, 0.25) is 0 Å². The molecule has 0 saturated carbocycles. The lowest BCUT2D eigenvalue weighted by Gasteiger charge is -2.07. The quantitative estimate of drug-likeness (QED) is 0.448. The highest BCUT2D eigenvalue weighted by Gasteiger charge is 2.15. The average Bonchev–Trinajstić information content (AvgIpc) is 2.70. The number of benzene rings is 2. The molecule has 140 valence electrons. The van der Waals surface area contributed by atoms with Gasteiger partial charge < -0.3 is 0 Å². The van der Waals surface area contributed by atoms with Crippen LogP contribution in [0, 0.1) is 36.5 Å². The van der Waals surface area contributed by atoms with Gasteiger partial charge in [-0.1, -0.05) is 59.7 Å². The molecule has 0 saturated heterocycles. The molecular weight excluding hydrogens is 388 g/mol. The number of Topliss-reactive ketones (excluding diaryl/α,β-unsaturated/α-hetero) is 2. The van der Waals surface area contributed by atoms with E-state index >= 15 is 0 Å². The van der Waals surface area contributed by atoms with Crippen molar-refractivity contribution in [2.45, 2.75) is 13.8 Å². The van der Waals surface area contributed by atoms with Crippen LogP contribution in [0.3, 0.4) is 0 Å². The first-order valence-electron chi connectivity index (χ1n) is 8.44. The van der Waals surface area contributed by atoms with Gasteiger partial charge in [-0.15, -0.1) is 23.5 Å². The molecule has 2 aromatic carbocycles. The first-order valence-corrected chi connectivity index (χ1v) is 10.4. The van der Waals surface area contributed by atoms with Gasteiger partial charge in [-0.3, -0.25) is 9.59 Å². The number of thioether (sulfide) groups is 2. The first kappa shape index (κ1) is 21.5. The van der Waals surface area contributed by atoms with Crippen LogP contribution in [0.15, 0.2) is 58.3 Å². The SMILES string of the molecule is Cc1ccc(C(=O)CSC(SCC(=O)c2ccc(C)cc2)=C(C#N)C#N)cc1. The Kier molecular flexibility index (Phi) is 8.07. The molecular formula is C22H18N2O2S2. The Morgan fingerprint density at radius 2 is 1.11 bits per heavy atom. The van der Waals surface area contributed by atoms with E-state index in [-0.39, 0.29) is 28.6 Å². The molecule has 2 aromatic rings. The number of hydrogen-bond acceptors (Lipinski definition) is 6. The summed E-state index contributed by atoms with van der Waals surface area (Å²) in [5.41, 5.74) is 3.20. The van der Waals surface area contributed by atoms with Crippen molar-refractivity contribution in [2.24, 2.45) is 0 Å². The zero-order valence-electron chi connectivity index (χ0n) is 15.6.